The fourth-order valence-electron chi connectivity index (χ4n) is 2.49. The molecule has 0 atom stereocenters. The van der Waals surface area contributed by atoms with Crippen molar-refractivity contribution in [3.63, 3.8) is 0 Å². The maximum absolute atomic E-state index is 5.58. The van der Waals surface area contributed by atoms with Crippen molar-refractivity contribution in [2.45, 2.75) is 38.1 Å². The Bertz CT molecular complexity index is 174. The van der Waals surface area contributed by atoms with Gasteiger partial charge in [0.25, 0.3) is 0 Å². The summed E-state index contributed by atoms with van der Waals surface area (Å²) in [5, 5.41) is 0. The van der Waals surface area contributed by atoms with Crippen molar-refractivity contribution < 1.29 is 0 Å². The van der Waals surface area contributed by atoms with Gasteiger partial charge in [-0.25, -0.2) is 0 Å². The van der Waals surface area contributed by atoms with Gasteiger partial charge in [-0.2, -0.15) is 0 Å². The molecule has 0 aromatic carbocycles. The van der Waals surface area contributed by atoms with Crippen LogP contribution < -0.4 is 5.73 Å². The summed E-state index contributed by atoms with van der Waals surface area (Å²) in [7, 11) is 0. The summed E-state index contributed by atoms with van der Waals surface area (Å²) in [6.45, 7) is 7.26. The van der Waals surface area contributed by atoms with Gasteiger partial charge < -0.3 is 10.6 Å². The number of nitrogens with two attached hydrogens (primary N) is 1. The average molecular weight is 211 g/mol. The molecular weight excluding hydrogens is 186 g/mol. The maximum atomic E-state index is 5.58. The van der Waals surface area contributed by atoms with Gasteiger partial charge in [0.05, 0.1) is 0 Å². The minimum atomic E-state index is 0.840. The third-order valence-corrected chi connectivity index (χ3v) is 3.61. The van der Waals surface area contributed by atoms with E-state index in [1.165, 1.54) is 58.4 Å². The van der Waals surface area contributed by atoms with Gasteiger partial charge in [-0.3, -0.25) is 4.90 Å². The quantitative estimate of drug-likeness (QED) is 0.679. The molecule has 0 spiro atoms. The fraction of sp³-hybridized carbons (Fsp3) is 1.00. The van der Waals surface area contributed by atoms with Crippen molar-refractivity contribution in [2.24, 2.45) is 5.73 Å². The summed E-state index contributed by atoms with van der Waals surface area (Å²) >= 11 is 0. The normalized spacial score (nSPS) is 22.8. The Morgan fingerprint density at radius 1 is 1.13 bits per heavy atom. The van der Waals surface area contributed by atoms with Crippen molar-refractivity contribution in [1.29, 1.82) is 0 Å². The molecular formula is C12H25N3. The predicted molar refractivity (Wildman–Crippen MR) is 63.9 cm³/mol. The first-order valence-corrected chi connectivity index (χ1v) is 6.56. The van der Waals surface area contributed by atoms with E-state index in [-0.39, 0.29) is 0 Å². The second-order valence-corrected chi connectivity index (χ2v) is 4.96. The Morgan fingerprint density at radius 3 is 2.47 bits per heavy atom. The van der Waals surface area contributed by atoms with Crippen molar-refractivity contribution in [3.05, 3.63) is 0 Å². The van der Waals surface area contributed by atoms with E-state index >= 15 is 0 Å². The minimum Gasteiger partial charge on any atom is -0.330 e. The highest BCUT2D eigenvalue weighted by molar-refractivity contribution is 4.85. The largest absolute Gasteiger partial charge is 0.330 e. The van der Waals surface area contributed by atoms with Crippen LogP contribution >= 0.6 is 0 Å². The molecule has 2 fully saturated rings. The van der Waals surface area contributed by atoms with E-state index in [1.54, 1.807) is 0 Å². The number of likely N-dealkylation sites (tertiary alicyclic amines) is 1. The highest BCUT2D eigenvalue weighted by atomic mass is 15.2. The zero-order valence-corrected chi connectivity index (χ0v) is 9.83. The van der Waals surface area contributed by atoms with Gasteiger partial charge in [0, 0.05) is 19.1 Å². The van der Waals surface area contributed by atoms with E-state index < -0.39 is 0 Å². The monoisotopic (exact) mass is 211 g/mol. The molecule has 1 saturated carbocycles. The molecule has 0 unspecified atom stereocenters. The van der Waals surface area contributed by atoms with E-state index in [1.807, 2.05) is 0 Å². The molecule has 0 aromatic heterocycles. The lowest BCUT2D eigenvalue weighted by Crippen LogP contribution is -2.36. The lowest BCUT2D eigenvalue weighted by molar-refractivity contribution is 0.216. The van der Waals surface area contributed by atoms with E-state index in [0.717, 1.165) is 19.0 Å². The molecule has 0 bridgehead atoms. The average Bonchev–Trinajstić information content (AvgIpc) is 2.95. The van der Waals surface area contributed by atoms with E-state index in [0.29, 0.717) is 0 Å². The second-order valence-electron chi connectivity index (χ2n) is 4.96. The zero-order valence-electron chi connectivity index (χ0n) is 9.83. The van der Waals surface area contributed by atoms with Crippen LogP contribution in [-0.2, 0) is 0 Å². The standard InChI is InChI=1S/C12H25N3/c13-6-3-9-15(12-4-5-12)11-10-14-7-1-2-8-14/h12H,1-11,13H2. The molecule has 0 amide bonds. The topological polar surface area (TPSA) is 32.5 Å². The number of rotatable bonds is 7. The molecule has 3 heteroatoms. The van der Waals surface area contributed by atoms with E-state index in [9.17, 15) is 0 Å². The first kappa shape index (κ1) is 11.4. The Labute approximate surface area is 93.6 Å². The number of hydrogen-bond acceptors (Lipinski definition) is 3. The van der Waals surface area contributed by atoms with E-state index in [2.05, 4.69) is 9.80 Å². The van der Waals surface area contributed by atoms with Gasteiger partial charge in [-0.1, -0.05) is 0 Å². The van der Waals surface area contributed by atoms with Crippen LogP contribution in [0.1, 0.15) is 32.1 Å². The molecule has 2 N–H and O–H groups in total. The van der Waals surface area contributed by atoms with Crippen molar-refractivity contribution in [1.82, 2.24) is 9.80 Å². The molecule has 3 nitrogen and oxygen atoms in total. The molecule has 0 radical (unpaired) electrons. The van der Waals surface area contributed by atoms with Gasteiger partial charge in [-0.15, -0.1) is 0 Å². The lowest BCUT2D eigenvalue weighted by Gasteiger charge is -2.24. The fourth-order valence-corrected chi connectivity index (χ4v) is 2.49. The van der Waals surface area contributed by atoms with Crippen molar-refractivity contribution >= 4 is 0 Å². The smallest absolute Gasteiger partial charge is 0.0112 e. The molecule has 1 aliphatic carbocycles. The van der Waals surface area contributed by atoms with Gasteiger partial charge in [-0.05, 0) is 58.3 Å². The molecule has 0 aromatic rings. The first-order chi connectivity index (χ1) is 7.40. The first-order valence-electron chi connectivity index (χ1n) is 6.56. The van der Waals surface area contributed by atoms with Crippen LogP contribution in [0.2, 0.25) is 0 Å². The van der Waals surface area contributed by atoms with Crippen molar-refractivity contribution in [2.75, 3.05) is 39.3 Å². The van der Waals surface area contributed by atoms with Crippen LogP contribution in [-0.4, -0.2) is 55.1 Å². The summed E-state index contributed by atoms with van der Waals surface area (Å²) in [6, 6.07) is 0.902. The molecule has 1 saturated heterocycles. The highest BCUT2D eigenvalue weighted by Gasteiger charge is 2.28. The molecule has 15 heavy (non-hydrogen) atoms. The van der Waals surface area contributed by atoms with Gasteiger partial charge in [0.2, 0.25) is 0 Å². The molecule has 1 aliphatic heterocycles. The summed E-state index contributed by atoms with van der Waals surface area (Å²) in [6.07, 6.45) is 6.82. The Kier molecular flexibility index (Phi) is 4.42. The van der Waals surface area contributed by atoms with Crippen LogP contribution in [0, 0.1) is 0 Å². The lowest BCUT2D eigenvalue weighted by atomic mass is 10.3. The minimum absolute atomic E-state index is 0.840. The Balaban J connectivity index is 1.64. The summed E-state index contributed by atoms with van der Waals surface area (Å²) in [5.74, 6) is 0. The molecule has 2 rings (SSSR count). The van der Waals surface area contributed by atoms with Crippen molar-refractivity contribution in [3.8, 4) is 0 Å². The van der Waals surface area contributed by atoms with Crippen LogP contribution in [0.3, 0.4) is 0 Å². The predicted octanol–water partition coefficient (Wildman–Crippen LogP) is 0.895. The van der Waals surface area contributed by atoms with E-state index in [4.69, 9.17) is 5.73 Å². The third-order valence-electron chi connectivity index (χ3n) is 3.61. The molecule has 88 valence electrons. The summed E-state index contributed by atoms with van der Waals surface area (Å²) < 4.78 is 0. The molecule has 1 heterocycles. The van der Waals surface area contributed by atoms with Gasteiger partial charge in [0.15, 0.2) is 0 Å². The maximum Gasteiger partial charge on any atom is 0.0112 e. The highest BCUT2D eigenvalue weighted by Crippen LogP contribution is 2.26. The van der Waals surface area contributed by atoms with Gasteiger partial charge >= 0.3 is 0 Å². The van der Waals surface area contributed by atoms with Crippen LogP contribution in [0.4, 0.5) is 0 Å². The Hall–Kier alpha value is -0.120. The van der Waals surface area contributed by atoms with Gasteiger partial charge in [0.1, 0.15) is 0 Å². The number of hydrogen-bond donors (Lipinski definition) is 1. The molecule has 2 aliphatic rings. The SMILES string of the molecule is NCCCN(CCN1CCCC1)C1CC1. The summed E-state index contributed by atoms with van der Waals surface area (Å²) in [4.78, 5) is 5.27. The third kappa shape index (κ3) is 3.74. The zero-order chi connectivity index (χ0) is 10.5. The second kappa shape index (κ2) is 5.83. The van der Waals surface area contributed by atoms with Crippen LogP contribution in [0.25, 0.3) is 0 Å². The van der Waals surface area contributed by atoms with Crippen LogP contribution in [0.5, 0.6) is 0 Å². The summed E-state index contributed by atoms with van der Waals surface area (Å²) in [5.41, 5.74) is 5.58. The Morgan fingerprint density at radius 2 is 1.87 bits per heavy atom. The number of nitrogens with zero attached hydrogens (tertiary/aromatic N) is 2. The van der Waals surface area contributed by atoms with Crippen LogP contribution in [0.15, 0.2) is 0 Å².